The van der Waals surface area contributed by atoms with E-state index in [2.05, 4.69) is 34.9 Å². The van der Waals surface area contributed by atoms with Crippen LogP contribution in [0.2, 0.25) is 0 Å². The smallest absolute Gasteiger partial charge is 0.0509 e. The first-order valence-corrected chi connectivity index (χ1v) is 7.04. The van der Waals surface area contributed by atoms with E-state index in [4.69, 9.17) is 11.6 Å². The summed E-state index contributed by atoms with van der Waals surface area (Å²) in [7, 11) is 4.35. The van der Waals surface area contributed by atoms with Crippen LogP contribution in [0.3, 0.4) is 0 Å². The zero-order valence-corrected chi connectivity index (χ0v) is 12.2. The van der Waals surface area contributed by atoms with Gasteiger partial charge in [0.15, 0.2) is 0 Å². The van der Waals surface area contributed by atoms with Gasteiger partial charge in [-0.25, -0.2) is 0 Å². The Morgan fingerprint density at radius 1 is 1.56 bits per heavy atom. The summed E-state index contributed by atoms with van der Waals surface area (Å²) in [4.78, 5) is 9.05. The van der Waals surface area contributed by atoms with Crippen molar-refractivity contribution in [2.45, 2.75) is 19.2 Å². The molecule has 0 aliphatic carbocycles. The average molecular weight is 268 g/mol. The molecule has 0 spiro atoms. The molecule has 2 heterocycles. The Hall–Kier alpha value is -0.800. The van der Waals surface area contributed by atoms with E-state index in [0.29, 0.717) is 5.88 Å². The number of aromatic nitrogens is 1. The van der Waals surface area contributed by atoms with Crippen LogP contribution in [0.15, 0.2) is 12.3 Å². The summed E-state index contributed by atoms with van der Waals surface area (Å²) in [6.07, 6.45) is 3.19. The van der Waals surface area contributed by atoms with Crippen molar-refractivity contribution in [2.24, 2.45) is 5.92 Å². The molecule has 1 aliphatic rings. The predicted molar refractivity (Wildman–Crippen MR) is 77.4 cm³/mol. The summed E-state index contributed by atoms with van der Waals surface area (Å²) < 4.78 is 0. The summed E-state index contributed by atoms with van der Waals surface area (Å²) in [5.41, 5.74) is 3.40. The molecule has 1 atom stereocenters. The molecular weight excluding hydrogens is 246 g/mol. The highest BCUT2D eigenvalue weighted by Crippen LogP contribution is 2.24. The molecule has 1 aromatic heterocycles. The number of alkyl halides is 1. The monoisotopic (exact) mass is 267 g/mol. The van der Waals surface area contributed by atoms with Crippen molar-refractivity contribution in [3.63, 3.8) is 0 Å². The maximum absolute atomic E-state index is 5.99. The van der Waals surface area contributed by atoms with Gasteiger partial charge in [-0.1, -0.05) is 0 Å². The topological polar surface area (TPSA) is 19.4 Å². The van der Waals surface area contributed by atoms with Crippen LogP contribution in [-0.2, 0) is 5.88 Å². The molecule has 0 N–H and O–H groups in total. The molecule has 3 nitrogen and oxygen atoms in total. The van der Waals surface area contributed by atoms with E-state index in [1.165, 1.54) is 25.2 Å². The fourth-order valence-corrected chi connectivity index (χ4v) is 2.90. The largest absolute Gasteiger partial charge is 0.374 e. The lowest BCUT2D eigenvalue weighted by Crippen LogP contribution is -2.28. The van der Waals surface area contributed by atoms with Gasteiger partial charge in [0.25, 0.3) is 0 Å². The number of hydrogen-bond acceptors (Lipinski definition) is 3. The molecule has 0 radical (unpaired) electrons. The summed E-state index contributed by atoms with van der Waals surface area (Å²) in [6.45, 7) is 5.54. The fraction of sp³-hybridized carbons (Fsp3) is 0.643. The summed E-state index contributed by atoms with van der Waals surface area (Å²) in [5, 5.41) is 0. The van der Waals surface area contributed by atoms with Crippen molar-refractivity contribution in [3.05, 3.63) is 23.5 Å². The van der Waals surface area contributed by atoms with Crippen molar-refractivity contribution in [1.29, 1.82) is 0 Å². The third kappa shape index (κ3) is 3.15. The molecule has 0 aromatic carbocycles. The van der Waals surface area contributed by atoms with E-state index >= 15 is 0 Å². The molecule has 18 heavy (non-hydrogen) atoms. The molecule has 1 unspecified atom stereocenters. The standard InChI is InChI=1S/C14H22ClN3/c1-11-6-14(13(7-15)8-16-11)18(3)10-12-4-5-17(2)9-12/h6,8,12H,4-5,7,9-10H2,1-3H3. The van der Waals surface area contributed by atoms with E-state index in [1.54, 1.807) is 0 Å². The molecule has 1 aromatic rings. The zero-order valence-electron chi connectivity index (χ0n) is 11.5. The molecule has 0 saturated carbocycles. The highest BCUT2D eigenvalue weighted by molar-refractivity contribution is 6.17. The highest BCUT2D eigenvalue weighted by Gasteiger charge is 2.21. The van der Waals surface area contributed by atoms with Gasteiger partial charge in [-0.3, -0.25) is 4.98 Å². The van der Waals surface area contributed by atoms with E-state index < -0.39 is 0 Å². The van der Waals surface area contributed by atoms with Gasteiger partial charge in [0.2, 0.25) is 0 Å². The Morgan fingerprint density at radius 2 is 2.33 bits per heavy atom. The molecule has 2 rings (SSSR count). The van der Waals surface area contributed by atoms with Gasteiger partial charge in [-0.05, 0) is 38.9 Å². The third-order valence-electron chi connectivity index (χ3n) is 3.67. The minimum Gasteiger partial charge on any atom is -0.374 e. The second-order valence-electron chi connectivity index (χ2n) is 5.39. The first kappa shape index (κ1) is 13.6. The minimum absolute atomic E-state index is 0.525. The van der Waals surface area contributed by atoms with Crippen molar-refractivity contribution in [1.82, 2.24) is 9.88 Å². The first-order valence-electron chi connectivity index (χ1n) is 6.51. The number of nitrogens with zero attached hydrogens (tertiary/aromatic N) is 3. The van der Waals surface area contributed by atoms with Crippen LogP contribution in [0.4, 0.5) is 5.69 Å². The van der Waals surface area contributed by atoms with Gasteiger partial charge in [-0.2, -0.15) is 0 Å². The highest BCUT2D eigenvalue weighted by atomic mass is 35.5. The van der Waals surface area contributed by atoms with Crippen molar-refractivity contribution < 1.29 is 0 Å². The maximum Gasteiger partial charge on any atom is 0.0509 e. The van der Waals surface area contributed by atoms with Crippen LogP contribution < -0.4 is 4.90 Å². The second-order valence-corrected chi connectivity index (χ2v) is 5.65. The Morgan fingerprint density at radius 3 is 2.94 bits per heavy atom. The summed E-state index contributed by atoms with van der Waals surface area (Å²) in [5.74, 6) is 1.29. The van der Waals surface area contributed by atoms with Gasteiger partial charge in [0, 0.05) is 43.3 Å². The first-order chi connectivity index (χ1) is 8.60. The molecule has 1 saturated heterocycles. The SMILES string of the molecule is Cc1cc(N(C)CC2CCN(C)C2)c(CCl)cn1. The minimum atomic E-state index is 0.525. The van der Waals surface area contributed by atoms with E-state index in [1.807, 2.05) is 13.1 Å². The van der Waals surface area contributed by atoms with Crippen molar-refractivity contribution >= 4 is 17.3 Å². The Balaban J connectivity index is 2.08. The van der Waals surface area contributed by atoms with Gasteiger partial charge >= 0.3 is 0 Å². The van der Waals surface area contributed by atoms with Crippen molar-refractivity contribution in [2.75, 3.05) is 38.6 Å². The van der Waals surface area contributed by atoms with Crippen LogP contribution in [0.25, 0.3) is 0 Å². The third-order valence-corrected chi connectivity index (χ3v) is 3.96. The molecule has 0 bridgehead atoms. The molecule has 0 amide bonds. The lowest BCUT2D eigenvalue weighted by Gasteiger charge is -2.25. The summed E-state index contributed by atoms with van der Waals surface area (Å²) in [6, 6.07) is 2.14. The Bertz CT molecular complexity index is 408. The molecule has 100 valence electrons. The number of hydrogen-bond donors (Lipinski definition) is 0. The van der Waals surface area contributed by atoms with E-state index in [0.717, 1.165) is 23.7 Å². The molecule has 4 heteroatoms. The van der Waals surface area contributed by atoms with Crippen LogP contribution in [0, 0.1) is 12.8 Å². The summed E-state index contributed by atoms with van der Waals surface area (Å²) >= 11 is 5.99. The van der Waals surface area contributed by atoms with Gasteiger partial charge in [0.05, 0.1) is 5.88 Å². The number of aryl methyl sites for hydroxylation is 1. The van der Waals surface area contributed by atoms with E-state index in [-0.39, 0.29) is 0 Å². The quantitative estimate of drug-likeness (QED) is 0.782. The number of pyridine rings is 1. The Kier molecular flexibility index (Phi) is 4.46. The lowest BCUT2D eigenvalue weighted by atomic mass is 10.1. The van der Waals surface area contributed by atoms with E-state index in [9.17, 15) is 0 Å². The van der Waals surface area contributed by atoms with Gasteiger partial charge in [0.1, 0.15) is 0 Å². The number of anilines is 1. The van der Waals surface area contributed by atoms with Crippen LogP contribution in [0.5, 0.6) is 0 Å². The predicted octanol–water partition coefficient (Wildman–Crippen LogP) is 2.52. The normalized spacial score (nSPS) is 20.3. The van der Waals surface area contributed by atoms with Crippen LogP contribution in [0.1, 0.15) is 17.7 Å². The van der Waals surface area contributed by atoms with Crippen molar-refractivity contribution in [3.8, 4) is 0 Å². The van der Waals surface area contributed by atoms with Crippen LogP contribution >= 0.6 is 11.6 Å². The number of likely N-dealkylation sites (tertiary alicyclic amines) is 1. The van der Waals surface area contributed by atoms with Crippen LogP contribution in [-0.4, -0.2) is 43.6 Å². The Labute approximate surface area is 115 Å². The average Bonchev–Trinajstić information content (AvgIpc) is 2.74. The zero-order chi connectivity index (χ0) is 13.1. The number of halogens is 1. The molecule has 1 aliphatic heterocycles. The molecular formula is C14H22ClN3. The fourth-order valence-electron chi connectivity index (χ4n) is 2.69. The number of rotatable bonds is 4. The maximum atomic E-state index is 5.99. The molecule has 1 fully saturated rings. The van der Waals surface area contributed by atoms with Gasteiger partial charge < -0.3 is 9.80 Å². The lowest BCUT2D eigenvalue weighted by molar-refractivity contribution is 0.396. The van der Waals surface area contributed by atoms with Gasteiger partial charge in [-0.15, -0.1) is 11.6 Å². The second kappa shape index (κ2) is 5.89.